The zero-order valence-electron chi connectivity index (χ0n) is 22.8. The summed E-state index contributed by atoms with van der Waals surface area (Å²) >= 11 is 5.80. The van der Waals surface area contributed by atoms with Gasteiger partial charge >= 0.3 is 0 Å². The van der Waals surface area contributed by atoms with Crippen molar-refractivity contribution in [1.82, 2.24) is 5.32 Å². The van der Waals surface area contributed by atoms with Gasteiger partial charge in [-0.25, -0.2) is 0 Å². The van der Waals surface area contributed by atoms with Gasteiger partial charge in [0.15, 0.2) is 17.9 Å². The van der Waals surface area contributed by atoms with Crippen molar-refractivity contribution in [1.29, 1.82) is 0 Å². The lowest BCUT2D eigenvalue weighted by Crippen LogP contribution is -2.54. The van der Waals surface area contributed by atoms with Crippen molar-refractivity contribution in [2.45, 2.75) is 69.4 Å². The van der Waals surface area contributed by atoms with Crippen molar-refractivity contribution in [3.63, 3.8) is 0 Å². The zero-order valence-corrected chi connectivity index (χ0v) is 23.5. The zero-order chi connectivity index (χ0) is 29.8. The van der Waals surface area contributed by atoms with Crippen LogP contribution < -0.4 is 10.1 Å². The standard InChI is InChI=1S/C29H32ClNO10/c1-12-24(33)16(31-8-7-30)9-19(40-12)41-18-11-29(38,13(2)32)10-15-21(18)28(37)23-22(26(15)35)25(34)14-5-4-6-17(39-3)20(14)27(23)36/h4-6,12,16,18-19,24,31,33,35,37-38H,7-11H2,1-3H3/t12?,16?,18-,19?,24?,29-/m0/s1. The Kier molecular flexibility index (Phi) is 7.88. The van der Waals surface area contributed by atoms with Crippen LogP contribution in [0, 0.1) is 0 Å². The Hall–Kier alpha value is -3.06. The number of carbonyl (C=O) groups is 3. The molecule has 1 fully saturated rings. The van der Waals surface area contributed by atoms with Crippen molar-refractivity contribution in [2.24, 2.45) is 0 Å². The SMILES string of the molecule is COc1cccc2c1C(=O)c1c(O)c3c(c(O)c1C2=O)C[C@@](O)(C(C)=O)C[C@@H]3OC1CC(NCCCl)C(O)C(C)O1. The smallest absolute Gasteiger partial charge is 0.202 e. The highest BCUT2D eigenvalue weighted by molar-refractivity contribution is 6.31. The summed E-state index contributed by atoms with van der Waals surface area (Å²) in [7, 11) is 1.34. The maximum atomic E-state index is 13.7. The van der Waals surface area contributed by atoms with Crippen molar-refractivity contribution >= 4 is 29.0 Å². The lowest BCUT2D eigenvalue weighted by atomic mass is 9.72. The number of aliphatic hydroxyl groups is 2. The van der Waals surface area contributed by atoms with E-state index in [-0.39, 0.29) is 40.8 Å². The molecule has 0 bridgehead atoms. The summed E-state index contributed by atoms with van der Waals surface area (Å²) < 4.78 is 17.4. The molecule has 1 aliphatic heterocycles. The van der Waals surface area contributed by atoms with E-state index < -0.39 is 82.6 Å². The number of carbonyl (C=O) groups excluding carboxylic acids is 3. The van der Waals surface area contributed by atoms with Crippen LogP contribution in [0.3, 0.4) is 0 Å². The summed E-state index contributed by atoms with van der Waals surface area (Å²) in [6.07, 6.45) is -4.31. The minimum Gasteiger partial charge on any atom is -0.507 e. The summed E-state index contributed by atoms with van der Waals surface area (Å²) in [5.41, 5.74) is -3.02. The number of aromatic hydroxyl groups is 2. The Morgan fingerprint density at radius 2 is 1.88 bits per heavy atom. The number of ether oxygens (including phenoxy) is 3. The number of hydrogen-bond donors (Lipinski definition) is 5. The Morgan fingerprint density at radius 1 is 1.17 bits per heavy atom. The summed E-state index contributed by atoms with van der Waals surface area (Å²) in [5, 5.41) is 48.0. The van der Waals surface area contributed by atoms with Crippen LogP contribution in [0.5, 0.6) is 17.2 Å². The molecule has 41 heavy (non-hydrogen) atoms. The number of Topliss-reactive ketones (excluding diaryl/α,β-unsaturated/α-hetero) is 1. The first-order valence-corrected chi connectivity index (χ1v) is 13.9. The van der Waals surface area contributed by atoms with E-state index in [9.17, 15) is 34.8 Å². The van der Waals surface area contributed by atoms with Crippen LogP contribution >= 0.6 is 11.6 Å². The third-order valence-electron chi connectivity index (χ3n) is 8.25. The number of benzene rings is 2. The number of halogens is 1. The normalized spacial score (nSPS) is 29.0. The highest BCUT2D eigenvalue weighted by Gasteiger charge is 2.49. The van der Waals surface area contributed by atoms with E-state index in [0.29, 0.717) is 12.4 Å². The molecule has 0 amide bonds. The van der Waals surface area contributed by atoms with Crippen molar-refractivity contribution in [2.75, 3.05) is 19.5 Å². The number of hydrogen-bond acceptors (Lipinski definition) is 11. The van der Waals surface area contributed by atoms with Crippen LogP contribution in [0.1, 0.15) is 75.8 Å². The number of phenols is 2. The van der Waals surface area contributed by atoms with Crippen LogP contribution in [0.4, 0.5) is 0 Å². The van der Waals surface area contributed by atoms with Gasteiger partial charge in [-0.15, -0.1) is 11.6 Å². The molecule has 4 unspecified atom stereocenters. The topological polar surface area (TPSA) is 172 Å². The molecule has 220 valence electrons. The molecule has 2 aromatic rings. The number of methoxy groups -OCH3 is 1. The first kappa shape index (κ1) is 29.4. The van der Waals surface area contributed by atoms with Crippen LogP contribution in [0.15, 0.2) is 18.2 Å². The molecule has 0 spiro atoms. The van der Waals surface area contributed by atoms with Gasteiger partial charge < -0.3 is 40.0 Å². The monoisotopic (exact) mass is 589 g/mol. The molecule has 11 nitrogen and oxygen atoms in total. The molecule has 2 aromatic carbocycles. The van der Waals surface area contributed by atoms with Crippen LogP contribution in [0.25, 0.3) is 0 Å². The number of phenolic OH excluding ortho intramolecular Hbond substituents is 2. The number of aliphatic hydroxyl groups excluding tert-OH is 1. The fourth-order valence-electron chi connectivity index (χ4n) is 6.07. The average Bonchev–Trinajstić information content (AvgIpc) is 2.93. The fourth-order valence-corrected chi connectivity index (χ4v) is 6.18. The van der Waals surface area contributed by atoms with Gasteiger partial charge in [0.2, 0.25) is 5.78 Å². The van der Waals surface area contributed by atoms with Gasteiger partial charge in [0, 0.05) is 54.4 Å². The molecule has 2 aliphatic carbocycles. The Labute approximate surface area is 241 Å². The first-order valence-electron chi connectivity index (χ1n) is 13.3. The molecule has 5 rings (SSSR count). The van der Waals surface area contributed by atoms with Gasteiger partial charge in [-0.3, -0.25) is 14.4 Å². The van der Waals surface area contributed by atoms with Gasteiger partial charge in [0.05, 0.1) is 42.1 Å². The van der Waals surface area contributed by atoms with Gasteiger partial charge in [0.1, 0.15) is 22.8 Å². The van der Waals surface area contributed by atoms with Gasteiger partial charge in [-0.2, -0.15) is 0 Å². The van der Waals surface area contributed by atoms with E-state index in [2.05, 4.69) is 5.32 Å². The molecule has 1 heterocycles. The Balaban J connectivity index is 1.63. The second kappa shape index (κ2) is 11.0. The quantitative estimate of drug-likeness (QED) is 0.201. The van der Waals surface area contributed by atoms with E-state index >= 15 is 0 Å². The lowest BCUT2D eigenvalue weighted by Gasteiger charge is -2.43. The molecule has 3 aliphatic rings. The van der Waals surface area contributed by atoms with E-state index in [1.807, 2.05) is 0 Å². The highest BCUT2D eigenvalue weighted by Crippen LogP contribution is 2.52. The molecule has 5 N–H and O–H groups in total. The van der Waals surface area contributed by atoms with Crippen LogP contribution in [-0.2, 0) is 20.7 Å². The predicted octanol–water partition coefficient (Wildman–Crippen LogP) is 1.90. The minimum absolute atomic E-state index is 0.0134. The third-order valence-corrected chi connectivity index (χ3v) is 8.44. The average molecular weight is 590 g/mol. The first-order chi connectivity index (χ1) is 19.4. The fraction of sp³-hybridized carbons (Fsp3) is 0.483. The largest absolute Gasteiger partial charge is 0.507 e. The number of fused-ring (bicyclic) bond motifs is 3. The number of rotatable bonds is 7. The Morgan fingerprint density at radius 3 is 2.54 bits per heavy atom. The number of ketones is 3. The third kappa shape index (κ3) is 4.80. The molecule has 0 radical (unpaired) electrons. The van der Waals surface area contributed by atoms with Gasteiger partial charge in [-0.1, -0.05) is 12.1 Å². The summed E-state index contributed by atoms with van der Waals surface area (Å²) in [6, 6.07) is 4.00. The van der Waals surface area contributed by atoms with Gasteiger partial charge in [0.25, 0.3) is 0 Å². The summed E-state index contributed by atoms with van der Waals surface area (Å²) in [4.78, 5) is 39.9. The van der Waals surface area contributed by atoms with Crippen molar-refractivity contribution in [3.05, 3.63) is 51.6 Å². The maximum absolute atomic E-state index is 13.7. The molecule has 1 saturated heterocycles. The lowest BCUT2D eigenvalue weighted by molar-refractivity contribution is -0.249. The molecule has 0 saturated carbocycles. The van der Waals surface area contributed by atoms with E-state index in [0.717, 1.165) is 0 Å². The van der Waals surface area contributed by atoms with Crippen molar-refractivity contribution in [3.8, 4) is 17.2 Å². The molecule has 12 heteroatoms. The molecular weight excluding hydrogens is 558 g/mol. The van der Waals surface area contributed by atoms with Crippen molar-refractivity contribution < 1.29 is 49.0 Å². The van der Waals surface area contributed by atoms with E-state index in [4.69, 9.17) is 25.8 Å². The van der Waals surface area contributed by atoms with Gasteiger partial charge in [-0.05, 0) is 19.9 Å². The minimum atomic E-state index is -2.01. The van der Waals surface area contributed by atoms with E-state index in [1.165, 1.54) is 32.2 Å². The molecule has 0 aromatic heterocycles. The van der Waals surface area contributed by atoms with Crippen LogP contribution in [0.2, 0.25) is 0 Å². The van der Waals surface area contributed by atoms with E-state index in [1.54, 1.807) is 6.92 Å². The number of alkyl halides is 1. The summed E-state index contributed by atoms with van der Waals surface area (Å²) in [6.45, 7) is 3.27. The molecule has 6 atom stereocenters. The highest BCUT2D eigenvalue weighted by atomic mass is 35.5. The predicted molar refractivity (Wildman–Crippen MR) is 145 cm³/mol. The molecular formula is C29H32ClNO10. The Bertz CT molecular complexity index is 1430. The second-order valence-electron chi connectivity index (χ2n) is 10.7. The second-order valence-corrected chi connectivity index (χ2v) is 11.1. The van der Waals surface area contributed by atoms with Crippen LogP contribution in [-0.4, -0.2) is 87.5 Å². The maximum Gasteiger partial charge on any atom is 0.202 e. The summed E-state index contributed by atoms with van der Waals surface area (Å²) in [5.74, 6) is -2.84. The number of nitrogens with one attached hydrogen (secondary N) is 1.